The summed E-state index contributed by atoms with van der Waals surface area (Å²) >= 11 is 0. The van der Waals surface area contributed by atoms with Gasteiger partial charge in [-0.3, -0.25) is 0 Å². The Kier molecular flexibility index (Phi) is 6.54. The van der Waals surface area contributed by atoms with Crippen molar-refractivity contribution in [3.8, 4) is 5.75 Å². The van der Waals surface area contributed by atoms with E-state index in [1.165, 1.54) is 0 Å². The van der Waals surface area contributed by atoms with Crippen LogP contribution in [0.4, 0.5) is 22.4 Å². The molecule has 0 radical (unpaired) electrons. The number of nitrogens with one attached hydrogen (secondary N) is 2. The lowest BCUT2D eigenvalue weighted by Gasteiger charge is -2.16. The van der Waals surface area contributed by atoms with Gasteiger partial charge >= 0.3 is 6.03 Å². The second-order valence-electron chi connectivity index (χ2n) is 5.91. The average molecular weight is 359 g/mol. The predicted molar refractivity (Wildman–Crippen MR) is 102 cm³/mol. The van der Waals surface area contributed by atoms with Crippen LogP contribution in [0.3, 0.4) is 0 Å². The Balaban J connectivity index is 1.98. The van der Waals surface area contributed by atoms with Crippen molar-refractivity contribution in [1.82, 2.24) is 20.3 Å². The summed E-state index contributed by atoms with van der Waals surface area (Å²) in [6, 6.07) is 6.83. The maximum Gasteiger partial charge on any atom is 0.319 e. The highest BCUT2D eigenvalue weighted by Crippen LogP contribution is 2.15. The number of benzene rings is 1. The highest BCUT2D eigenvalue weighted by atomic mass is 16.5. The summed E-state index contributed by atoms with van der Waals surface area (Å²) in [5.74, 6) is 2.31. The van der Waals surface area contributed by atoms with Crippen molar-refractivity contribution < 1.29 is 9.53 Å². The molecular weight excluding hydrogens is 334 g/mol. The van der Waals surface area contributed by atoms with E-state index in [2.05, 4.69) is 25.6 Å². The molecule has 2 rings (SSSR count). The molecule has 0 aliphatic heterocycles. The van der Waals surface area contributed by atoms with Gasteiger partial charge in [-0.05, 0) is 31.2 Å². The number of urea groups is 1. The van der Waals surface area contributed by atoms with Gasteiger partial charge in [0, 0.05) is 33.9 Å². The van der Waals surface area contributed by atoms with Crippen molar-refractivity contribution in [3.63, 3.8) is 0 Å². The minimum absolute atomic E-state index is 0.188. The van der Waals surface area contributed by atoms with Gasteiger partial charge in [0.25, 0.3) is 0 Å². The lowest BCUT2D eigenvalue weighted by molar-refractivity contribution is 0.251. The molecule has 1 aromatic heterocycles. The second-order valence-corrected chi connectivity index (χ2v) is 5.91. The van der Waals surface area contributed by atoms with Crippen LogP contribution in [0.25, 0.3) is 0 Å². The summed E-state index contributed by atoms with van der Waals surface area (Å²) < 4.78 is 5.37. The van der Waals surface area contributed by atoms with E-state index >= 15 is 0 Å². The van der Waals surface area contributed by atoms with Gasteiger partial charge in [0.15, 0.2) is 5.82 Å². The highest BCUT2D eigenvalue weighted by Gasteiger charge is 2.11. The summed E-state index contributed by atoms with van der Waals surface area (Å²) in [6.45, 7) is 2.71. The second kappa shape index (κ2) is 8.84. The van der Waals surface area contributed by atoms with Crippen molar-refractivity contribution in [2.24, 2.45) is 0 Å². The molecule has 0 aliphatic rings. The molecule has 140 valence electrons. The lowest BCUT2D eigenvalue weighted by atomic mass is 10.3. The molecule has 0 atom stereocenters. The number of amides is 2. The first-order valence-electron chi connectivity index (χ1n) is 8.26. The van der Waals surface area contributed by atoms with Crippen LogP contribution < -0.4 is 25.2 Å². The Morgan fingerprint density at radius 3 is 2.08 bits per heavy atom. The maximum absolute atomic E-state index is 12.1. The van der Waals surface area contributed by atoms with Gasteiger partial charge in [-0.2, -0.15) is 15.0 Å². The number of ether oxygens (including phenoxy) is 1. The number of nitrogens with zero attached hydrogens (tertiary/aromatic N) is 5. The zero-order valence-electron chi connectivity index (χ0n) is 15.8. The molecule has 0 fully saturated rings. The number of carbonyl (C=O) groups excluding carboxylic acids is 1. The van der Waals surface area contributed by atoms with E-state index in [0.29, 0.717) is 30.0 Å². The fourth-order valence-corrected chi connectivity index (χ4v) is 2.01. The number of aromatic nitrogens is 3. The van der Waals surface area contributed by atoms with Crippen molar-refractivity contribution >= 4 is 23.6 Å². The van der Waals surface area contributed by atoms with E-state index in [0.717, 1.165) is 5.75 Å². The van der Waals surface area contributed by atoms with Crippen molar-refractivity contribution in [2.75, 3.05) is 49.9 Å². The van der Waals surface area contributed by atoms with Crippen LogP contribution in [-0.2, 0) is 6.54 Å². The van der Waals surface area contributed by atoms with Gasteiger partial charge in [0.1, 0.15) is 5.75 Å². The van der Waals surface area contributed by atoms with E-state index in [-0.39, 0.29) is 12.6 Å². The van der Waals surface area contributed by atoms with Crippen LogP contribution in [0, 0.1) is 0 Å². The maximum atomic E-state index is 12.1. The molecule has 1 aromatic carbocycles. The summed E-state index contributed by atoms with van der Waals surface area (Å²) in [4.78, 5) is 28.7. The van der Waals surface area contributed by atoms with Gasteiger partial charge in [-0.1, -0.05) is 0 Å². The van der Waals surface area contributed by atoms with Gasteiger partial charge in [0.2, 0.25) is 11.9 Å². The summed E-state index contributed by atoms with van der Waals surface area (Å²) in [7, 11) is 7.41. The number of carbonyl (C=O) groups is 1. The van der Waals surface area contributed by atoms with E-state index in [9.17, 15) is 4.79 Å². The predicted octanol–water partition coefficient (Wildman–Crippen LogP) is 1.72. The fourth-order valence-electron chi connectivity index (χ4n) is 2.01. The molecular formula is C17H25N7O2. The minimum Gasteiger partial charge on any atom is -0.494 e. The van der Waals surface area contributed by atoms with Crippen LogP contribution in [0.1, 0.15) is 12.7 Å². The standard InChI is InChI=1S/C17H25N7O2/c1-6-26-13-9-7-12(8-10-13)19-17(25)18-11-14-20-15(23(2)3)22-16(21-14)24(4)5/h7-10H,6,11H2,1-5H3,(H2,18,19,25). The molecule has 0 unspecified atom stereocenters. The van der Waals surface area contributed by atoms with E-state index in [1.54, 1.807) is 34.1 Å². The van der Waals surface area contributed by atoms with Crippen LogP contribution in [0.2, 0.25) is 0 Å². The number of anilines is 3. The van der Waals surface area contributed by atoms with Crippen molar-refractivity contribution in [2.45, 2.75) is 13.5 Å². The molecule has 26 heavy (non-hydrogen) atoms. The quantitative estimate of drug-likeness (QED) is 0.777. The molecule has 0 aliphatic carbocycles. The Hall–Kier alpha value is -3.10. The first kappa shape index (κ1) is 19.2. The SMILES string of the molecule is CCOc1ccc(NC(=O)NCc2nc(N(C)C)nc(N(C)C)n2)cc1. The molecule has 1 heterocycles. The van der Waals surface area contributed by atoms with E-state index in [1.807, 2.05) is 35.1 Å². The molecule has 0 bridgehead atoms. The number of hydrogen-bond acceptors (Lipinski definition) is 7. The number of hydrogen-bond donors (Lipinski definition) is 2. The van der Waals surface area contributed by atoms with Gasteiger partial charge < -0.3 is 25.2 Å². The van der Waals surface area contributed by atoms with Crippen LogP contribution >= 0.6 is 0 Å². The molecule has 0 saturated heterocycles. The number of rotatable bonds is 7. The zero-order valence-corrected chi connectivity index (χ0v) is 15.8. The smallest absolute Gasteiger partial charge is 0.319 e. The third-order valence-corrected chi connectivity index (χ3v) is 3.29. The third-order valence-electron chi connectivity index (χ3n) is 3.29. The first-order chi connectivity index (χ1) is 12.4. The lowest BCUT2D eigenvalue weighted by Crippen LogP contribution is -2.30. The van der Waals surface area contributed by atoms with Gasteiger partial charge in [-0.25, -0.2) is 4.79 Å². The van der Waals surface area contributed by atoms with Crippen LogP contribution in [0.5, 0.6) is 5.75 Å². The topological polar surface area (TPSA) is 95.5 Å². The van der Waals surface area contributed by atoms with Crippen LogP contribution in [-0.4, -0.2) is 55.8 Å². The molecule has 0 spiro atoms. The van der Waals surface area contributed by atoms with Crippen LogP contribution in [0.15, 0.2) is 24.3 Å². The monoisotopic (exact) mass is 359 g/mol. The molecule has 0 saturated carbocycles. The Morgan fingerprint density at radius 2 is 1.58 bits per heavy atom. The summed E-state index contributed by atoms with van der Waals surface area (Å²) in [5, 5.41) is 5.51. The molecule has 9 nitrogen and oxygen atoms in total. The summed E-state index contributed by atoms with van der Waals surface area (Å²) in [5.41, 5.74) is 0.671. The first-order valence-corrected chi connectivity index (χ1v) is 8.26. The Bertz CT molecular complexity index is 706. The normalized spacial score (nSPS) is 10.2. The molecule has 2 aromatic rings. The Labute approximate surface area is 153 Å². The minimum atomic E-state index is -0.340. The highest BCUT2D eigenvalue weighted by molar-refractivity contribution is 5.89. The van der Waals surface area contributed by atoms with Gasteiger partial charge in [0.05, 0.1) is 13.2 Å². The van der Waals surface area contributed by atoms with Crippen molar-refractivity contribution in [3.05, 3.63) is 30.1 Å². The van der Waals surface area contributed by atoms with E-state index in [4.69, 9.17) is 4.74 Å². The molecule has 2 N–H and O–H groups in total. The van der Waals surface area contributed by atoms with Crippen molar-refractivity contribution in [1.29, 1.82) is 0 Å². The molecule has 9 heteroatoms. The fraction of sp³-hybridized carbons (Fsp3) is 0.412. The zero-order chi connectivity index (χ0) is 19.1. The summed E-state index contributed by atoms with van der Waals surface area (Å²) in [6.07, 6.45) is 0. The molecule has 2 amide bonds. The third kappa shape index (κ3) is 5.47. The largest absolute Gasteiger partial charge is 0.494 e. The van der Waals surface area contributed by atoms with E-state index < -0.39 is 0 Å². The average Bonchev–Trinajstić information content (AvgIpc) is 2.61. The van der Waals surface area contributed by atoms with Gasteiger partial charge in [-0.15, -0.1) is 0 Å². The Morgan fingerprint density at radius 1 is 1.00 bits per heavy atom.